The van der Waals surface area contributed by atoms with Gasteiger partial charge in [-0.15, -0.1) is 0 Å². The van der Waals surface area contributed by atoms with Crippen LogP contribution in [0.2, 0.25) is 0 Å². The molecule has 0 unspecified atom stereocenters. The van der Waals surface area contributed by atoms with E-state index < -0.39 is 7.12 Å². The molecule has 4 aromatic carbocycles. The highest BCUT2D eigenvalue weighted by atomic mass is 16.7. The molecule has 29 heavy (non-hydrogen) atoms. The number of hydrogen-bond acceptors (Lipinski definition) is 2. The van der Waals surface area contributed by atoms with Crippen LogP contribution in [-0.4, -0.2) is 18.3 Å². The van der Waals surface area contributed by atoms with E-state index in [1.807, 2.05) is 6.07 Å². The summed E-state index contributed by atoms with van der Waals surface area (Å²) >= 11 is 0. The molecule has 0 N–H and O–H groups in total. The zero-order chi connectivity index (χ0) is 20.2. The fourth-order valence-electron chi connectivity index (χ4n) is 4.10. The first-order chi connectivity index (χ1) is 13.9. The summed E-state index contributed by atoms with van der Waals surface area (Å²) in [5.74, 6) is 0. The molecule has 0 radical (unpaired) electrons. The quantitative estimate of drug-likeness (QED) is 0.316. The predicted molar refractivity (Wildman–Crippen MR) is 123 cm³/mol. The third-order valence-electron chi connectivity index (χ3n) is 6.51. The van der Waals surface area contributed by atoms with Gasteiger partial charge in [-0.25, -0.2) is 0 Å². The standard InChI is InChI=1S/C26H25BO2/c1-25(2)26(3,4)29-27(28-25)24-17-22-20(15-14-19-12-8-9-13-21(19)22)16-23(24)18-10-6-5-7-11-18/h5-17H,1-4H3. The van der Waals surface area contributed by atoms with Crippen molar-refractivity contribution in [1.82, 2.24) is 0 Å². The van der Waals surface area contributed by atoms with E-state index in [1.165, 1.54) is 27.1 Å². The van der Waals surface area contributed by atoms with Crippen molar-refractivity contribution in [2.24, 2.45) is 0 Å². The molecule has 1 aliphatic heterocycles. The maximum absolute atomic E-state index is 6.45. The van der Waals surface area contributed by atoms with Crippen LogP contribution < -0.4 is 5.46 Å². The second-order valence-corrected chi connectivity index (χ2v) is 8.90. The first kappa shape index (κ1) is 18.4. The lowest BCUT2D eigenvalue weighted by molar-refractivity contribution is 0.00578. The van der Waals surface area contributed by atoms with Crippen LogP contribution in [0.25, 0.3) is 32.7 Å². The molecule has 0 bridgehead atoms. The highest BCUT2D eigenvalue weighted by Crippen LogP contribution is 2.38. The summed E-state index contributed by atoms with van der Waals surface area (Å²) in [5.41, 5.74) is 2.66. The van der Waals surface area contributed by atoms with Gasteiger partial charge in [0.2, 0.25) is 0 Å². The van der Waals surface area contributed by atoms with Crippen LogP contribution in [0.5, 0.6) is 0 Å². The molecule has 0 atom stereocenters. The number of benzene rings is 4. The molecule has 0 amide bonds. The average Bonchev–Trinajstić information content (AvgIpc) is 2.94. The lowest BCUT2D eigenvalue weighted by Crippen LogP contribution is -2.41. The van der Waals surface area contributed by atoms with Gasteiger partial charge in [0.25, 0.3) is 0 Å². The van der Waals surface area contributed by atoms with E-state index in [4.69, 9.17) is 9.31 Å². The van der Waals surface area contributed by atoms with Crippen molar-refractivity contribution in [2.75, 3.05) is 0 Å². The molecule has 0 saturated carbocycles. The van der Waals surface area contributed by atoms with E-state index in [9.17, 15) is 0 Å². The third-order valence-corrected chi connectivity index (χ3v) is 6.51. The van der Waals surface area contributed by atoms with E-state index in [2.05, 4.69) is 100 Å². The molecular weight excluding hydrogens is 355 g/mol. The summed E-state index contributed by atoms with van der Waals surface area (Å²) in [7, 11) is -0.404. The number of fused-ring (bicyclic) bond motifs is 3. The van der Waals surface area contributed by atoms with Crippen LogP contribution in [0.15, 0.2) is 78.9 Å². The van der Waals surface area contributed by atoms with Gasteiger partial charge in [-0.1, -0.05) is 72.8 Å². The SMILES string of the molecule is CC1(C)OB(c2cc3c(ccc4ccccc43)cc2-c2ccccc2)OC1(C)C. The third kappa shape index (κ3) is 2.97. The van der Waals surface area contributed by atoms with Gasteiger partial charge < -0.3 is 9.31 Å². The first-order valence-electron chi connectivity index (χ1n) is 10.2. The summed E-state index contributed by atoms with van der Waals surface area (Å²) in [4.78, 5) is 0. The van der Waals surface area contributed by atoms with Crippen molar-refractivity contribution in [3.05, 3.63) is 78.9 Å². The summed E-state index contributed by atoms with van der Waals surface area (Å²) in [6.07, 6.45) is 0. The van der Waals surface area contributed by atoms with E-state index in [0.717, 1.165) is 11.0 Å². The molecule has 5 rings (SSSR count). The summed E-state index contributed by atoms with van der Waals surface area (Å²) < 4.78 is 12.9. The monoisotopic (exact) mass is 380 g/mol. The van der Waals surface area contributed by atoms with Crippen molar-refractivity contribution < 1.29 is 9.31 Å². The highest BCUT2D eigenvalue weighted by molar-refractivity contribution is 6.64. The van der Waals surface area contributed by atoms with Gasteiger partial charge in [0, 0.05) is 0 Å². The second-order valence-electron chi connectivity index (χ2n) is 8.90. The van der Waals surface area contributed by atoms with Crippen molar-refractivity contribution in [3.63, 3.8) is 0 Å². The van der Waals surface area contributed by atoms with E-state index in [-0.39, 0.29) is 11.2 Å². The van der Waals surface area contributed by atoms with Crippen molar-refractivity contribution in [3.8, 4) is 11.1 Å². The zero-order valence-corrected chi connectivity index (χ0v) is 17.4. The van der Waals surface area contributed by atoms with Crippen molar-refractivity contribution >= 4 is 34.1 Å². The van der Waals surface area contributed by atoms with Gasteiger partial charge in [-0.2, -0.15) is 0 Å². The molecular formula is C26H25BO2. The Hall–Kier alpha value is -2.62. The smallest absolute Gasteiger partial charge is 0.399 e. The minimum Gasteiger partial charge on any atom is -0.399 e. The van der Waals surface area contributed by atoms with Crippen LogP contribution >= 0.6 is 0 Å². The molecule has 0 aliphatic carbocycles. The largest absolute Gasteiger partial charge is 0.495 e. The molecule has 1 aliphatic rings. The molecule has 1 fully saturated rings. The fraction of sp³-hybridized carbons (Fsp3) is 0.231. The molecule has 3 heteroatoms. The second kappa shape index (κ2) is 6.45. The van der Waals surface area contributed by atoms with Gasteiger partial charge in [-0.3, -0.25) is 0 Å². The Kier molecular flexibility index (Phi) is 4.09. The highest BCUT2D eigenvalue weighted by Gasteiger charge is 2.52. The number of rotatable bonds is 2. The lowest BCUT2D eigenvalue weighted by atomic mass is 9.73. The van der Waals surface area contributed by atoms with Crippen molar-refractivity contribution in [2.45, 2.75) is 38.9 Å². The van der Waals surface area contributed by atoms with E-state index in [0.29, 0.717) is 0 Å². The minimum atomic E-state index is -0.404. The van der Waals surface area contributed by atoms with Gasteiger partial charge >= 0.3 is 7.12 Å². The lowest BCUT2D eigenvalue weighted by Gasteiger charge is -2.32. The molecule has 4 aromatic rings. The average molecular weight is 380 g/mol. The van der Waals surface area contributed by atoms with E-state index >= 15 is 0 Å². The van der Waals surface area contributed by atoms with E-state index in [1.54, 1.807) is 0 Å². The molecule has 0 spiro atoms. The Morgan fingerprint density at radius 1 is 0.621 bits per heavy atom. The Morgan fingerprint density at radius 2 is 1.24 bits per heavy atom. The first-order valence-corrected chi connectivity index (χ1v) is 10.2. The molecule has 1 heterocycles. The van der Waals surface area contributed by atoms with Crippen LogP contribution in [0.4, 0.5) is 0 Å². The normalized spacial score (nSPS) is 17.9. The minimum absolute atomic E-state index is 0.376. The van der Waals surface area contributed by atoms with Gasteiger partial charge in [-0.05, 0) is 71.9 Å². The van der Waals surface area contributed by atoms with Crippen LogP contribution in [-0.2, 0) is 9.31 Å². The maximum Gasteiger partial charge on any atom is 0.495 e. The zero-order valence-electron chi connectivity index (χ0n) is 17.4. The predicted octanol–water partition coefficient (Wildman–Crippen LogP) is 5.96. The molecule has 2 nitrogen and oxygen atoms in total. The number of hydrogen-bond donors (Lipinski definition) is 0. The summed E-state index contributed by atoms with van der Waals surface area (Å²) in [6.45, 7) is 8.41. The molecule has 144 valence electrons. The molecule has 1 saturated heterocycles. The molecule has 0 aromatic heterocycles. The maximum atomic E-state index is 6.45. The van der Waals surface area contributed by atoms with Gasteiger partial charge in [0.05, 0.1) is 11.2 Å². The summed E-state index contributed by atoms with van der Waals surface area (Å²) in [5, 5.41) is 4.95. The van der Waals surface area contributed by atoms with Gasteiger partial charge in [0.15, 0.2) is 0 Å². The Bertz CT molecular complexity index is 1200. The van der Waals surface area contributed by atoms with Crippen LogP contribution in [0, 0.1) is 0 Å². The topological polar surface area (TPSA) is 18.5 Å². The Morgan fingerprint density at radius 3 is 1.97 bits per heavy atom. The van der Waals surface area contributed by atoms with Crippen LogP contribution in [0.1, 0.15) is 27.7 Å². The van der Waals surface area contributed by atoms with Gasteiger partial charge in [0.1, 0.15) is 0 Å². The fourth-order valence-corrected chi connectivity index (χ4v) is 4.10. The summed E-state index contributed by atoms with van der Waals surface area (Å²) in [6, 6.07) is 28.0. The Balaban J connectivity index is 1.79. The van der Waals surface area contributed by atoms with Crippen LogP contribution in [0.3, 0.4) is 0 Å². The Labute approximate surface area is 172 Å². The van der Waals surface area contributed by atoms with Crippen molar-refractivity contribution in [1.29, 1.82) is 0 Å².